The number of methoxy groups -OCH3 is 1. The Morgan fingerprint density at radius 2 is 2.50 bits per heavy atom. The fourth-order valence-electron chi connectivity index (χ4n) is 1.68. The molecule has 0 amide bonds. The van der Waals surface area contributed by atoms with E-state index in [9.17, 15) is 4.79 Å². The number of rotatable bonds is 5. The Hall–Kier alpha value is -1.36. The predicted octanol–water partition coefficient (Wildman–Crippen LogP) is 0.634. The minimum absolute atomic E-state index is 0.260. The summed E-state index contributed by atoms with van der Waals surface area (Å²) in [4.78, 5) is 15.7. The fourth-order valence-corrected chi connectivity index (χ4v) is 1.68. The lowest BCUT2D eigenvalue weighted by Crippen LogP contribution is -2.32. The van der Waals surface area contributed by atoms with Gasteiger partial charge in [-0.3, -0.25) is 5.32 Å². The van der Waals surface area contributed by atoms with Gasteiger partial charge in [0, 0.05) is 7.05 Å². The van der Waals surface area contributed by atoms with Crippen molar-refractivity contribution in [2.75, 3.05) is 13.7 Å². The summed E-state index contributed by atoms with van der Waals surface area (Å²) >= 11 is 0. The molecule has 1 fully saturated rings. The van der Waals surface area contributed by atoms with Gasteiger partial charge in [0.2, 0.25) is 0 Å². The minimum Gasteiger partial charge on any atom is -0.468 e. The molecule has 0 bridgehead atoms. The normalized spacial score (nSPS) is 17.1. The number of hydrogen-bond donors (Lipinski definition) is 1. The van der Waals surface area contributed by atoms with Gasteiger partial charge >= 0.3 is 5.97 Å². The van der Waals surface area contributed by atoms with E-state index in [0.29, 0.717) is 0 Å². The fraction of sp³-hybridized carbons (Fsp3) is 0.636. The third-order valence-electron chi connectivity index (χ3n) is 2.89. The van der Waals surface area contributed by atoms with Crippen LogP contribution >= 0.6 is 0 Å². The Morgan fingerprint density at radius 1 is 1.75 bits per heavy atom. The molecular formula is C11H17N3O2. The van der Waals surface area contributed by atoms with Crippen molar-refractivity contribution in [2.45, 2.75) is 18.9 Å². The van der Waals surface area contributed by atoms with Gasteiger partial charge in [-0.15, -0.1) is 0 Å². The van der Waals surface area contributed by atoms with E-state index in [1.54, 1.807) is 12.5 Å². The maximum Gasteiger partial charge on any atom is 0.329 e. The molecule has 1 aliphatic rings. The molecule has 1 aliphatic carbocycles. The highest BCUT2D eigenvalue weighted by Crippen LogP contribution is 2.28. The molecular weight excluding hydrogens is 206 g/mol. The van der Waals surface area contributed by atoms with Crippen molar-refractivity contribution < 1.29 is 9.53 Å². The van der Waals surface area contributed by atoms with Gasteiger partial charge in [-0.1, -0.05) is 0 Å². The average molecular weight is 223 g/mol. The maximum atomic E-state index is 11.7. The molecule has 16 heavy (non-hydrogen) atoms. The quantitative estimate of drug-likeness (QED) is 0.744. The molecule has 1 atom stereocenters. The van der Waals surface area contributed by atoms with Crippen molar-refractivity contribution in [2.24, 2.45) is 13.0 Å². The lowest BCUT2D eigenvalue weighted by molar-refractivity contribution is -0.143. The zero-order chi connectivity index (χ0) is 11.5. The summed E-state index contributed by atoms with van der Waals surface area (Å²) in [5.41, 5.74) is 0.840. The van der Waals surface area contributed by atoms with Crippen LogP contribution in [0.25, 0.3) is 0 Å². The number of aryl methyl sites for hydroxylation is 1. The summed E-state index contributed by atoms with van der Waals surface area (Å²) in [5.74, 6) is 0.463. The Bertz CT molecular complexity index is 371. The number of nitrogens with one attached hydrogen (secondary N) is 1. The van der Waals surface area contributed by atoms with Crippen LogP contribution in [0.1, 0.15) is 24.6 Å². The molecule has 0 aliphatic heterocycles. The first kappa shape index (κ1) is 11.1. The molecule has 1 aromatic heterocycles. The molecule has 0 spiro atoms. The largest absolute Gasteiger partial charge is 0.468 e. The van der Waals surface area contributed by atoms with Crippen molar-refractivity contribution in [3.63, 3.8) is 0 Å². The summed E-state index contributed by atoms with van der Waals surface area (Å²) in [7, 11) is 3.28. The van der Waals surface area contributed by atoms with Gasteiger partial charge in [0.25, 0.3) is 0 Å². The van der Waals surface area contributed by atoms with Crippen LogP contribution in [0.15, 0.2) is 12.5 Å². The number of aromatic nitrogens is 2. The van der Waals surface area contributed by atoms with Crippen LogP contribution in [0.4, 0.5) is 0 Å². The Balaban J connectivity index is 2.06. The average Bonchev–Trinajstić information content (AvgIpc) is 3.02. The van der Waals surface area contributed by atoms with Crippen LogP contribution in [0.2, 0.25) is 0 Å². The SMILES string of the molecule is COC(=O)C(NCC1CC1)c1cncn1C. The van der Waals surface area contributed by atoms with Crippen LogP contribution < -0.4 is 5.32 Å². The van der Waals surface area contributed by atoms with E-state index >= 15 is 0 Å². The molecule has 88 valence electrons. The van der Waals surface area contributed by atoms with Crippen molar-refractivity contribution in [1.29, 1.82) is 0 Å². The molecule has 5 heteroatoms. The second-order valence-corrected chi connectivity index (χ2v) is 4.24. The van der Waals surface area contributed by atoms with Gasteiger partial charge in [-0.25, -0.2) is 9.78 Å². The number of carbonyl (C=O) groups excluding carboxylic acids is 1. The third-order valence-corrected chi connectivity index (χ3v) is 2.89. The highest BCUT2D eigenvalue weighted by molar-refractivity contribution is 5.76. The number of nitrogens with zero attached hydrogens (tertiary/aromatic N) is 2. The lowest BCUT2D eigenvalue weighted by Gasteiger charge is -2.16. The van der Waals surface area contributed by atoms with Gasteiger partial charge in [0.15, 0.2) is 0 Å². The van der Waals surface area contributed by atoms with E-state index in [1.807, 2.05) is 11.6 Å². The molecule has 2 rings (SSSR count). The van der Waals surface area contributed by atoms with Gasteiger partial charge in [-0.05, 0) is 25.3 Å². The second-order valence-electron chi connectivity index (χ2n) is 4.24. The second kappa shape index (κ2) is 4.65. The predicted molar refractivity (Wildman–Crippen MR) is 58.7 cm³/mol. The van der Waals surface area contributed by atoms with Gasteiger partial charge in [0.1, 0.15) is 6.04 Å². The van der Waals surface area contributed by atoms with Crippen LogP contribution in [0, 0.1) is 5.92 Å². The summed E-state index contributed by atoms with van der Waals surface area (Å²) in [6, 6.07) is -0.405. The minimum atomic E-state index is -0.405. The number of imidazole rings is 1. The lowest BCUT2D eigenvalue weighted by atomic mass is 10.2. The van der Waals surface area contributed by atoms with E-state index < -0.39 is 6.04 Å². The summed E-state index contributed by atoms with van der Waals surface area (Å²) in [6.45, 7) is 0.866. The molecule has 1 heterocycles. The van der Waals surface area contributed by atoms with Gasteiger partial charge in [0.05, 0.1) is 25.3 Å². The van der Waals surface area contributed by atoms with E-state index in [0.717, 1.165) is 18.2 Å². The highest BCUT2D eigenvalue weighted by atomic mass is 16.5. The van der Waals surface area contributed by atoms with Crippen LogP contribution in [0.3, 0.4) is 0 Å². The zero-order valence-corrected chi connectivity index (χ0v) is 9.64. The van der Waals surface area contributed by atoms with Crippen molar-refractivity contribution in [3.8, 4) is 0 Å². The van der Waals surface area contributed by atoms with Crippen molar-refractivity contribution in [1.82, 2.24) is 14.9 Å². The van der Waals surface area contributed by atoms with Crippen LogP contribution in [-0.2, 0) is 16.6 Å². The number of hydrogen-bond acceptors (Lipinski definition) is 4. The van der Waals surface area contributed by atoms with Crippen molar-refractivity contribution >= 4 is 5.97 Å². The molecule has 1 aromatic rings. The van der Waals surface area contributed by atoms with E-state index in [4.69, 9.17) is 4.74 Å². The van der Waals surface area contributed by atoms with Crippen molar-refractivity contribution in [3.05, 3.63) is 18.2 Å². The Morgan fingerprint density at radius 3 is 3.00 bits per heavy atom. The summed E-state index contributed by atoms with van der Waals surface area (Å²) in [6.07, 6.45) is 5.89. The molecule has 1 N–H and O–H groups in total. The molecule has 0 aromatic carbocycles. The smallest absolute Gasteiger partial charge is 0.329 e. The van der Waals surface area contributed by atoms with Crippen LogP contribution in [-0.4, -0.2) is 29.2 Å². The highest BCUT2D eigenvalue weighted by Gasteiger charge is 2.27. The Kier molecular flexibility index (Phi) is 3.24. The first-order chi connectivity index (χ1) is 7.72. The summed E-state index contributed by atoms with van der Waals surface area (Å²) < 4.78 is 6.64. The van der Waals surface area contributed by atoms with Crippen LogP contribution in [0.5, 0.6) is 0 Å². The van der Waals surface area contributed by atoms with Gasteiger partial charge < -0.3 is 9.30 Å². The third kappa shape index (κ3) is 2.41. The topological polar surface area (TPSA) is 56.1 Å². The molecule has 0 saturated heterocycles. The first-order valence-corrected chi connectivity index (χ1v) is 5.49. The standard InChI is InChI=1S/C11H17N3O2/c1-14-7-12-6-9(14)10(11(15)16-2)13-5-8-3-4-8/h6-8,10,13H,3-5H2,1-2H3. The zero-order valence-electron chi connectivity index (χ0n) is 9.64. The van der Waals surface area contributed by atoms with E-state index in [-0.39, 0.29) is 5.97 Å². The first-order valence-electron chi connectivity index (χ1n) is 5.49. The molecule has 5 nitrogen and oxygen atoms in total. The number of carbonyl (C=O) groups is 1. The Labute approximate surface area is 94.8 Å². The number of esters is 1. The number of ether oxygens (including phenoxy) is 1. The molecule has 0 radical (unpaired) electrons. The molecule has 1 saturated carbocycles. The van der Waals surface area contributed by atoms with E-state index in [1.165, 1.54) is 20.0 Å². The maximum absolute atomic E-state index is 11.7. The monoisotopic (exact) mass is 223 g/mol. The molecule has 1 unspecified atom stereocenters. The summed E-state index contributed by atoms with van der Waals surface area (Å²) in [5, 5.41) is 3.24. The van der Waals surface area contributed by atoms with E-state index in [2.05, 4.69) is 10.3 Å². The van der Waals surface area contributed by atoms with Gasteiger partial charge in [-0.2, -0.15) is 0 Å².